The number of nitrogens with zero attached hydrogens (tertiary/aromatic N) is 1. The van der Waals surface area contributed by atoms with Gasteiger partial charge in [-0.05, 0) is 38.0 Å². The highest BCUT2D eigenvalue weighted by molar-refractivity contribution is 7.91. The lowest BCUT2D eigenvalue weighted by Crippen LogP contribution is -2.59. The van der Waals surface area contributed by atoms with Crippen molar-refractivity contribution >= 4 is 27.4 Å². The van der Waals surface area contributed by atoms with Crippen molar-refractivity contribution < 1.29 is 44.8 Å². The van der Waals surface area contributed by atoms with Gasteiger partial charge in [-0.2, -0.15) is 22.0 Å². The van der Waals surface area contributed by atoms with E-state index >= 15 is 0 Å². The average Bonchev–Trinajstić information content (AvgIpc) is 3.59. The molecule has 184 valence electrons. The highest BCUT2D eigenvalue weighted by Crippen LogP contribution is 2.35. The molecule has 0 aliphatic heterocycles. The van der Waals surface area contributed by atoms with Gasteiger partial charge in [0, 0.05) is 12.5 Å². The summed E-state index contributed by atoms with van der Waals surface area (Å²) in [6, 6.07) is -1.92. The van der Waals surface area contributed by atoms with Crippen molar-refractivity contribution in [3.8, 4) is 0 Å². The maximum absolute atomic E-state index is 13.4. The van der Waals surface area contributed by atoms with Gasteiger partial charge < -0.3 is 5.32 Å². The number of nitrogens with one attached hydrogen (secondary N) is 2. The van der Waals surface area contributed by atoms with E-state index in [1.54, 1.807) is 5.43 Å². The molecule has 0 bridgehead atoms. The Labute approximate surface area is 182 Å². The summed E-state index contributed by atoms with van der Waals surface area (Å²) in [5.74, 6) is -9.53. The van der Waals surface area contributed by atoms with Crippen molar-refractivity contribution in [2.45, 2.75) is 69.6 Å². The van der Waals surface area contributed by atoms with E-state index in [4.69, 9.17) is 0 Å². The zero-order valence-corrected chi connectivity index (χ0v) is 18.2. The van der Waals surface area contributed by atoms with Crippen LogP contribution in [-0.4, -0.2) is 73.3 Å². The van der Waals surface area contributed by atoms with Crippen molar-refractivity contribution in [2.75, 3.05) is 18.1 Å². The van der Waals surface area contributed by atoms with E-state index in [2.05, 4.69) is 5.32 Å². The van der Waals surface area contributed by atoms with Gasteiger partial charge in [0.05, 0.1) is 18.1 Å². The normalized spacial score (nSPS) is 18.2. The lowest BCUT2D eigenvalue weighted by Gasteiger charge is -2.32. The SMILES string of the molecule is CC[C@@H](C(=O)C(=O)NC1CC1)N(NCC(F)(F)C(F)(F)F)C(=O)CCS(=O)(=O)CC1CC1. The molecule has 0 saturated heterocycles. The number of carbonyl (C=O) groups is 3. The van der Waals surface area contributed by atoms with E-state index < -0.39 is 64.3 Å². The third-order valence-electron chi connectivity index (χ3n) is 5.11. The van der Waals surface area contributed by atoms with Crippen molar-refractivity contribution in [3.05, 3.63) is 0 Å². The molecule has 2 fully saturated rings. The van der Waals surface area contributed by atoms with Crippen LogP contribution >= 0.6 is 0 Å². The first-order valence-corrected chi connectivity index (χ1v) is 12.0. The highest BCUT2D eigenvalue weighted by Gasteiger charge is 2.57. The predicted octanol–water partition coefficient (Wildman–Crippen LogP) is 1.36. The molecular weight excluding hydrogens is 465 g/mol. The number of carbonyl (C=O) groups excluding carboxylic acids is 3. The molecule has 14 heteroatoms. The predicted molar refractivity (Wildman–Crippen MR) is 102 cm³/mol. The fraction of sp³-hybridized carbons (Fsp3) is 0.833. The maximum Gasteiger partial charge on any atom is 0.454 e. The summed E-state index contributed by atoms with van der Waals surface area (Å²) >= 11 is 0. The van der Waals surface area contributed by atoms with Crippen LogP contribution in [0.4, 0.5) is 22.0 Å². The van der Waals surface area contributed by atoms with Crippen LogP contribution < -0.4 is 10.7 Å². The molecule has 1 atom stereocenters. The van der Waals surface area contributed by atoms with E-state index in [0.29, 0.717) is 12.8 Å². The molecule has 0 aromatic rings. The first-order valence-electron chi connectivity index (χ1n) is 10.2. The fourth-order valence-corrected chi connectivity index (χ4v) is 4.57. The number of hydrazine groups is 1. The number of Topliss-reactive ketones (excluding diaryl/α,β-unsaturated/α-hetero) is 1. The van der Waals surface area contributed by atoms with Crippen LogP contribution in [0.1, 0.15) is 45.4 Å². The van der Waals surface area contributed by atoms with Gasteiger partial charge in [-0.1, -0.05) is 6.92 Å². The van der Waals surface area contributed by atoms with E-state index in [9.17, 15) is 44.8 Å². The fourth-order valence-electron chi connectivity index (χ4n) is 2.87. The van der Waals surface area contributed by atoms with E-state index in [1.807, 2.05) is 0 Å². The topological polar surface area (TPSA) is 113 Å². The minimum absolute atomic E-state index is 0.00843. The number of amides is 2. The summed E-state index contributed by atoms with van der Waals surface area (Å²) in [4.78, 5) is 37.2. The number of hydrogen-bond donors (Lipinski definition) is 2. The summed E-state index contributed by atoms with van der Waals surface area (Å²) in [7, 11) is -3.66. The quantitative estimate of drug-likeness (QED) is 0.229. The Bertz CT molecular complexity index is 825. The van der Waals surface area contributed by atoms with Crippen molar-refractivity contribution in [3.63, 3.8) is 0 Å². The standard InChI is InChI=1S/C18H26F5N3O5S/c1-2-13(15(28)16(29)25-12-5-6-12)26(24-10-17(19,20)18(21,22)23)14(27)7-8-32(30,31)9-11-3-4-11/h11-13,24H,2-10H2,1H3,(H,25,29)/t13-/m0/s1. The summed E-state index contributed by atoms with van der Waals surface area (Å²) in [5.41, 5.74) is 1.63. The molecule has 0 aromatic heterocycles. The van der Waals surface area contributed by atoms with Crippen LogP contribution in [0.15, 0.2) is 0 Å². The Morgan fingerprint density at radius 3 is 2.12 bits per heavy atom. The number of hydrogen-bond acceptors (Lipinski definition) is 6. The van der Waals surface area contributed by atoms with Crippen LogP contribution in [0, 0.1) is 5.92 Å². The molecule has 32 heavy (non-hydrogen) atoms. The summed E-state index contributed by atoms with van der Waals surface area (Å²) < 4.78 is 88.6. The molecule has 0 heterocycles. The molecule has 2 rings (SSSR count). The highest BCUT2D eigenvalue weighted by atomic mass is 32.2. The number of rotatable bonds is 13. The van der Waals surface area contributed by atoms with Crippen LogP contribution in [0.3, 0.4) is 0 Å². The van der Waals surface area contributed by atoms with Gasteiger partial charge in [0.2, 0.25) is 11.7 Å². The van der Waals surface area contributed by atoms with Gasteiger partial charge in [0.1, 0.15) is 6.04 Å². The third kappa shape index (κ3) is 7.64. The van der Waals surface area contributed by atoms with Gasteiger partial charge in [-0.25, -0.2) is 13.8 Å². The second kappa shape index (κ2) is 9.98. The minimum Gasteiger partial charge on any atom is -0.347 e. The van der Waals surface area contributed by atoms with Crippen LogP contribution in [0.5, 0.6) is 0 Å². The molecule has 2 aliphatic rings. The number of halogens is 5. The van der Waals surface area contributed by atoms with Gasteiger partial charge in [0.15, 0.2) is 9.84 Å². The van der Waals surface area contributed by atoms with Gasteiger partial charge in [-0.3, -0.25) is 19.4 Å². The van der Waals surface area contributed by atoms with Gasteiger partial charge >= 0.3 is 12.1 Å². The van der Waals surface area contributed by atoms with Gasteiger partial charge in [-0.15, -0.1) is 0 Å². The van der Waals surface area contributed by atoms with Crippen molar-refractivity contribution in [1.29, 1.82) is 0 Å². The molecule has 2 aliphatic carbocycles. The summed E-state index contributed by atoms with van der Waals surface area (Å²) in [6.07, 6.45) is -4.21. The number of alkyl halides is 5. The number of sulfone groups is 1. The summed E-state index contributed by atoms with van der Waals surface area (Å²) in [5, 5.41) is 2.60. The lowest BCUT2D eigenvalue weighted by atomic mass is 10.1. The molecule has 2 saturated carbocycles. The Kier molecular flexibility index (Phi) is 8.24. The second-order valence-corrected chi connectivity index (χ2v) is 10.4. The Morgan fingerprint density at radius 2 is 1.66 bits per heavy atom. The number of ketones is 1. The Hall–Kier alpha value is -1.83. The van der Waals surface area contributed by atoms with E-state index in [1.165, 1.54) is 6.92 Å². The van der Waals surface area contributed by atoms with E-state index in [-0.39, 0.29) is 29.1 Å². The monoisotopic (exact) mass is 491 g/mol. The molecule has 0 unspecified atom stereocenters. The molecule has 0 radical (unpaired) electrons. The van der Waals surface area contributed by atoms with Crippen LogP contribution in [-0.2, 0) is 24.2 Å². The van der Waals surface area contributed by atoms with Crippen molar-refractivity contribution in [1.82, 2.24) is 15.8 Å². The Morgan fingerprint density at radius 1 is 1.06 bits per heavy atom. The van der Waals surface area contributed by atoms with E-state index in [0.717, 1.165) is 12.8 Å². The van der Waals surface area contributed by atoms with Crippen LogP contribution in [0.2, 0.25) is 0 Å². The van der Waals surface area contributed by atoms with Crippen molar-refractivity contribution in [2.24, 2.45) is 5.92 Å². The second-order valence-electron chi connectivity index (χ2n) is 8.14. The van der Waals surface area contributed by atoms with Crippen LogP contribution in [0.25, 0.3) is 0 Å². The lowest BCUT2D eigenvalue weighted by molar-refractivity contribution is -0.281. The first-order chi connectivity index (χ1) is 14.7. The zero-order valence-electron chi connectivity index (χ0n) is 17.4. The molecule has 2 N–H and O–H groups in total. The molecular formula is C18H26F5N3O5S. The largest absolute Gasteiger partial charge is 0.454 e. The maximum atomic E-state index is 13.4. The Balaban J connectivity index is 2.14. The summed E-state index contributed by atoms with van der Waals surface area (Å²) in [6.45, 7) is -0.730. The molecule has 2 amide bonds. The third-order valence-corrected chi connectivity index (χ3v) is 6.91. The zero-order chi connectivity index (χ0) is 24.3. The smallest absolute Gasteiger partial charge is 0.347 e. The first kappa shape index (κ1) is 26.4. The minimum atomic E-state index is -5.92. The van der Waals surface area contributed by atoms with Gasteiger partial charge in [0.25, 0.3) is 5.91 Å². The molecule has 0 spiro atoms. The molecule has 8 nitrogen and oxygen atoms in total. The average molecular weight is 491 g/mol. The molecule has 0 aromatic carbocycles.